The minimum Gasteiger partial charge on any atom is -0.325 e. The van der Waals surface area contributed by atoms with Crippen LogP contribution in [0.25, 0.3) is 16.7 Å². The van der Waals surface area contributed by atoms with Gasteiger partial charge in [-0.1, -0.05) is 48.0 Å². The van der Waals surface area contributed by atoms with Crippen molar-refractivity contribution in [2.75, 3.05) is 5.32 Å². The lowest BCUT2D eigenvalue weighted by atomic mass is 10.0. The largest absolute Gasteiger partial charge is 0.325 e. The Bertz CT molecular complexity index is 1070. The van der Waals surface area contributed by atoms with Gasteiger partial charge in [-0.3, -0.25) is 4.57 Å². The number of thiophene rings is 1. The first-order valence-electron chi connectivity index (χ1n) is 8.36. The second kappa shape index (κ2) is 5.60. The van der Waals surface area contributed by atoms with E-state index in [9.17, 15) is 0 Å². The van der Waals surface area contributed by atoms with Crippen molar-refractivity contribution in [1.82, 2.24) is 9.55 Å². The van der Waals surface area contributed by atoms with Crippen LogP contribution >= 0.6 is 11.3 Å². The average Bonchev–Trinajstić information content (AvgIpc) is 3.29. The van der Waals surface area contributed by atoms with Crippen LogP contribution in [0.15, 0.2) is 72.1 Å². The third-order valence-corrected chi connectivity index (χ3v) is 5.59. The summed E-state index contributed by atoms with van der Waals surface area (Å²) < 4.78 is 2.29. The van der Waals surface area contributed by atoms with Crippen LogP contribution in [0, 0.1) is 6.92 Å². The minimum absolute atomic E-state index is 0.153. The van der Waals surface area contributed by atoms with Gasteiger partial charge in [0, 0.05) is 10.6 Å². The maximum atomic E-state index is 4.82. The summed E-state index contributed by atoms with van der Waals surface area (Å²) in [5.74, 6) is 0.901. The van der Waals surface area contributed by atoms with E-state index in [0.29, 0.717) is 0 Å². The van der Waals surface area contributed by atoms with Gasteiger partial charge in [-0.05, 0) is 42.1 Å². The van der Waals surface area contributed by atoms with Gasteiger partial charge in [0.15, 0.2) is 0 Å². The summed E-state index contributed by atoms with van der Waals surface area (Å²) in [4.78, 5) is 6.14. The van der Waals surface area contributed by atoms with Gasteiger partial charge in [0.2, 0.25) is 5.95 Å². The van der Waals surface area contributed by atoms with Gasteiger partial charge < -0.3 is 5.32 Å². The summed E-state index contributed by atoms with van der Waals surface area (Å²) in [6, 6.07) is 21.4. The highest BCUT2D eigenvalue weighted by Crippen LogP contribution is 2.38. The third kappa shape index (κ3) is 2.37. The summed E-state index contributed by atoms with van der Waals surface area (Å²) in [7, 11) is 0. The van der Waals surface area contributed by atoms with Crippen molar-refractivity contribution in [3.63, 3.8) is 0 Å². The lowest BCUT2D eigenvalue weighted by Gasteiger charge is -2.25. The second-order valence-corrected chi connectivity index (χ2v) is 7.31. The number of hydrogen-bond donors (Lipinski definition) is 1. The molecule has 3 nitrogen and oxygen atoms in total. The molecule has 25 heavy (non-hydrogen) atoms. The number of benzene rings is 2. The summed E-state index contributed by atoms with van der Waals surface area (Å²) in [6.07, 6.45) is 2.30. The average molecular weight is 343 g/mol. The molecule has 4 aromatic rings. The number of hydrogen-bond acceptors (Lipinski definition) is 3. The van der Waals surface area contributed by atoms with Gasteiger partial charge in [0.05, 0.1) is 17.1 Å². The van der Waals surface area contributed by atoms with Gasteiger partial charge in [0.1, 0.15) is 0 Å². The predicted octanol–water partition coefficient (Wildman–Crippen LogP) is 5.46. The van der Waals surface area contributed by atoms with E-state index in [-0.39, 0.29) is 6.04 Å². The highest BCUT2D eigenvalue weighted by atomic mass is 32.1. The van der Waals surface area contributed by atoms with Crippen molar-refractivity contribution >= 4 is 34.0 Å². The minimum atomic E-state index is 0.153. The summed E-state index contributed by atoms with van der Waals surface area (Å²) in [6.45, 7) is 2.11. The van der Waals surface area contributed by atoms with Crippen LogP contribution in [0.3, 0.4) is 0 Å². The van der Waals surface area contributed by atoms with Gasteiger partial charge in [-0.2, -0.15) is 0 Å². The normalized spacial score (nSPS) is 16.4. The second-order valence-electron chi connectivity index (χ2n) is 6.33. The number of aromatic nitrogens is 2. The summed E-state index contributed by atoms with van der Waals surface area (Å²) >= 11 is 1.78. The van der Waals surface area contributed by atoms with Crippen LogP contribution in [0.2, 0.25) is 0 Å². The molecule has 0 aliphatic carbocycles. The van der Waals surface area contributed by atoms with Crippen molar-refractivity contribution in [3.05, 3.63) is 88.1 Å². The Hall–Kier alpha value is -2.85. The van der Waals surface area contributed by atoms with Gasteiger partial charge >= 0.3 is 0 Å². The number of para-hydroxylation sites is 2. The molecule has 0 saturated carbocycles. The molecule has 0 radical (unpaired) electrons. The quantitative estimate of drug-likeness (QED) is 0.523. The molecular formula is C21H17N3S. The van der Waals surface area contributed by atoms with Gasteiger partial charge in [-0.25, -0.2) is 4.98 Å². The van der Waals surface area contributed by atoms with Crippen molar-refractivity contribution in [2.24, 2.45) is 0 Å². The fourth-order valence-corrected chi connectivity index (χ4v) is 4.16. The molecule has 1 N–H and O–H groups in total. The number of nitrogens with zero attached hydrogens (tertiary/aromatic N) is 2. The number of anilines is 1. The molecule has 122 valence electrons. The zero-order valence-corrected chi connectivity index (χ0v) is 14.6. The highest BCUT2D eigenvalue weighted by molar-refractivity contribution is 7.10. The van der Waals surface area contributed by atoms with Crippen LogP contribution in [0.1, 0.15) is 22.0 Å². The van der Waals surface area contributed by atoms with E-state index in [1.165, 1.54) is 16.0 Å². The van der Waals surface area contributed by atoms with E-state index in [0.717, 1.165) is 22.7 Å². The SMILES string of the molecule is Cc1ccc(C2=C[C@@H](c3cccs3)n3c(nc4ccccc43)N2)cc1. The predicted molar refractivity (Wildman–Crippen MR) is 105 cm³/mol. The van der Waals surface area contributed by atoms with E-state index in [1.54, 1.807) is 11.3 Å². The number of fused-ring (bicyclic) bond motifs is 3. The van der Waals surface area contributed by atoms with E-state index >= 15 is 0 Å². The fraction of sp³-hybridized carbons (Fsp3) is 0.0952. The standard InChI is InChI=1S/C21H17N3S/c1-14-8-10-15(11-9-14)17-13-19(20-7-4-12-25-20)24-18-6-3-2-5-16(18)22-21(24)23-17/h2-13,19H,1H3,(H,22,23)/t19-/m0/s1. The van der Waals surface area contributed by atoms with Crippen molar-refractivity contribution in [1.29, 1.82) is 0 Å². The molecule has 1 atom stereocenters. The molecule has 1 aliphatic heterocycles. The van der Waals surface area contributed by atoms with E-state index in [1.807, 2.05) is 6.07 Å². The molecule has 2 aromatic heterocycles. The fourth-order valence-electron chi connectivity index (χ4n) is 3.38. The molecule has 0 spiro atoms. The molecular weight excluding hydrogens is 326 g/mol. The molecule has 0 amide bonds. The molecule has 4 heteroatoms. The van der Waals surface area contributed by atoms with Gasteiger partial charge in [0.25, 0.3) is 0 Å². The molecule has 3 heterocycles. The number of imidazole rings is 1. The lowest BCUT2D eigenvalue weighted by Crippen LogP contribution is -2.18. The number of allylic oxidation sites excluding steroid dienone is 1. The Morgan fingerprint density at radius 3 is 2.64 bits per heavy atom. The Kier molecular flexibility index (Phi) is 3.25. The summed E-state index contributed by atoms with van der Waals surface area (Å²) in [5.41, 5.74) is 5.74. The number of rotatable bonds is 2. The Balaban J connectivity index is 1.71. The zero-order valence-electron chi connectivity index (χ0n) is 13.8. The van der Waals surface area contributed by atoms with E-state index in [4.69, 9.17) is 4.98 Å². The third-order valence-electron chi connectivity index (χ3n) is 4.64. The first kappa shape index (κ1) is 14.5. The maximum absolute atomic E-state index is 4.82. The number of aryl methyl sites for hydroxylation is 1. The molecule has 5 rings (SSSR count). The van der Waals surface area contributed by atoms with Crippen molar-refractivity contribution < 1.29 is 0 Å². The maximum Gasteiger partial charge on any atom is 0.209 e. The Labute approximate surface area is 150 Å². The Morgan fingerprint density at radius 2 is 1.84 bits per heavy atom. The smallest absolute Gasteiger partial charge is 0.209 e. The van der Waals surface area contributed by atoms with Crippen LogP contribution in [-0.2, 0) is 0 Å². The first-order chi connectivity index (χ1) is 12.3. The Morgan fingerprint density at radius 1 is 1.00 bits per heavy atom. The van der Waals surface area contributed by atoms with Gasteiger partial charge in [-0.15, -0.1) is 11.3 Å². The van der Waals surface area contributed by atoms with Crippen LogP contribution in [0.5, 0.6) is 0 Å². The van der Waals surface area contributed by atoms with Crippen LogP contribution in [-0.4, -0.2) is 9.55 Å². The monoisotopic (exact) mass is 343 g/mol. The summed E-state index contributed by atoms with van der Waals surface area (Å²) in [5, 5.41) is 5.67. The lowest BCUT2D eigenvalue weighted by molar-refractivity contribution is 0.733. The molecule has 2 aromatic carbocycles. The van der Waals surface area contributed by atoms with Crippen LogP contribution < -0.4 is 5.32 Å². The number of nitrogens with one attached hydrogen (secondary N) is 1. The molecule has 0 bridgehead atoms. The first-order valence-corrected chi connectivity index (χ1v) is 9.24. The van der Waals surface area contributed by atoms with Crippen molar-refractivity contribution in [3.8, 4) is 0 Å². The topological polar surface area (TPSA) is 29.9 Å². The molecule has 0 saturated heterocycles. The van der Waals surface area contributed by atoms with E-state index < -0.39 is 0 Å². The van der Waals surface area contributed by atoms with E-state index in [2.05, 4.69) is 82.9 Å². The van der Waals surface area contributed by atoms with Crippen LogP contribution in [0.4, 0.5) is 5.95 Å². The molecule has 1 aliphatic rings. The molecule has 0 unspecified atom stereocenters. The highest BCUT2D eigenvalue weighted by Gasteiger charge is 2.25. The zero-order chi connectivity index (χ0) is 16.8. The van der Waals surface area contributed by atoms with Crippen molar-refractivity contribution in [2.45, 2.75) is 13.0 Å². The molecule has 0 fully saturated rings.